The highest BCUT2D eigenvalue weighted by molar-refractivity contribution is 6.35. The number of carbonyl (C=O) groups excluding carboxylic acids is 2. The molecular weight excluding hydrogens is 607 g/mol. The molecule has 6 rings (SSSR count). The van der Waals surface area contributed by atoms with Gasteiger partial charge in [0.15, 0.2) is 5.69 Å². The summed E-state index contributed by atoms with van der Waals surface area (Å²) >= 11 is 18.9. The van der Waals surface area contributed by atoms with E-state index in [0.717, 1.165) is 35.5 Å². The molecule has 1 N–H and O–H groups in total. The molecular formula is C32H31Cl3N6O2. The molecule has 0 atom stereocenters. The van der Waals surface area contributed by atoms with Crippen LogP contribution in [0.5, 0.6) is 0 Å². The van der Waals surface area contributed by atoms with Crippen LogP contribution in [-0.2, 0) is 0 Å². The van der Waals surface area contributed by atoms with Crippen molar-refractivity contribution in [2.75, 3.05) is 39.3 Å². The Labute approximate surface area is 265 Å². The fourth-order valence-electron chi connectivity index (χ4n) is 5.79. The van der Waals surface area contributed by atoms with E-state index in [-0.39, 0.29) is 17.9 Å². The highest BCUT2D eigenvalue weighted by Gasteiger charge is 2.39. The molecule has 0 unspecified atom stereocenters. The molecule has 8 nitrogen and oxygen atoms in total. The van der Waals surface area contributed by atoms with Crippen molar-refractivity contribution in [2.24, 2.45) is 0 Å². The number of benzene rings is 2. The number of H-pyrrole nitrogens is 1. The number of halogens is 3. The summed E-state index contributed by atoms with van der Waals surface area (Å²) in [7, 11) is 0. The molecule has 0 spiro atoms. The van der Waals surface area contributed by atoms with Gasteiger partial charge in [0.25, 0.3) is 11.8 Å². The van der Waals surface area contributed by atoms with E-state index in [9.17, 15) is 9.59 Å². The van der Waals surface area contributed by atoms with Crippen molar-refractivity contribution in [3.63, 3.8) is 0 Å². The first-order valence-corrected chi connectivity index (χ1v) is 15.3. The average Bonchev–Trinajstić information content (AvgIpc) is 3.62. The van der Waals surface area contributed by atoms with Crippen LogP contribution in [0.2, 0.25) is 15.1 Å². The molecule has 0 bridgehead atoms. The zero-order valence-electron chi connectivity index (χ0n) is 23.9. The van der Waals surface area contributed by atoms with Gasteiger partial charge in [-0.1, -0.05) is 46.9 Å². The molecule has 2 fully saturated rings. The van der Waals surface area contributed by atoms with E-state index in [1.54, 1.807) is 29.1 Å². The second kappa shape index (κ2) is 12.2. The fourth-order valence-corrected chi connectivity index (χ4v) is 6.41. The molecule has 2 aromatic carbocycles. The second-order valence-electron chi connectivity index (χ2n) is 11.0. The van der Waals surface area contributed by atoms with Crippen molar-refractivity contribution in [1.82, 2.24) is 29.5 Å². The summed E-state index contributed by atoms with van der Waals surface area (Å²) in [4.78, 5) is 35.5. The van der Waals surface area contributed by atoms with Gasteiger partial charge in [-0.3, -0.25) is 14.5 Å². The maximum Gasteiger partial charge on any atom is 0.274 e. The van der Waals surface area contributed by atoms with E-state index in [2.05, 4.69) is 9.88 Å². The smallest absolute Gasteiger partial charge is 0.274 e. The number of amides is 2. The number of aromatic nitrogens is 3. The van der Waals surface area contributed by atoms with E-state index in [1.165, 1.54) is 0 Å². The third-order valence-corrected chi connectivity index (χ3v) is 8.97. The van der Waals surface area contributed by atoms with Crippen LogP contribution in [0.25, 0.3) is 17.3 Å². The number of nitrogens with one attached hydrogen (secondary N) is 1. The lowest BCUT2D eigenvalue weighted by atomic mass is 10.0. The van der Waals surface area contributed by atoms with E-state index in [1.807, 2.05) is 66.1 Å². The van der Waals surface area contributed by atoms with E-state index >= 15 is 0 Å². The van der Waals surface area contributed by atoms with Crippen molar-refractivity contribution in [1.29, 1.82) is 0 Å². The quantitative estimate of drug-likeness (QED) is 0.269. The normalized spacial score (nSPS) is 16.4. The molecule has 2 aliphatic rings. The molecule has 2 amide bonds. The lowest BCUT2D eigenvalue weighted by Gasteiger charge is -2.47. The fraction of sp³-hybridized carbons (Fsp3) is 0.281. The minimum absolute atomic E-state index is 0.0260. The van der Waals surface area contributed by atoms with Crippen LogP contribution in [0, 0.1) is 6.92 Å². The summed E-state index contributed by atoms with van der Waals surface area (Å²) < 4.78 is 1.74. The third kappa shape index (κ3) is 5.97. The molecule has 0 aliphatic carbocycles. The highest BCUT2D eigenvalue weighted by atomic mass is 35.5. The van der Waals surface area contributed by atoms with Crippen LogP contribution in [0.4, 0.5) is 0 Å². The van der Waals surface area contributed by atoms with Crippen molar-refractivity contribution >= 4 is 58.3 Å². The third-order valence-electron chi connectivity index (χ3n) is 8.19. The molecule has 4 heterocycles. The van der Waals surface area contributed by atoms with Gasteiger partial charge in [0.05, 0.1) is 16.4 Å². The lowest BCUT2D eigenvalue weighted by molar-refractivity contribution is 0.00807. The Morgan fingerprint density at radius 2 is 1.60 bits per heavy atom. The average molecular weight is 638 g/mol. The topological polar surface area (TPSA) is 77.5 Å². The molecule has 0 radical (unpaired) electrons. The van der Waals surface area contributed by atoms with E-state index in [0.29, 0.717) is 58.3 Å². The number of piperazine rings is 1. The van der Waals surface area contributed by atoms with Crippen LogP contribution < -0.4 is 0 Å². The number of aromatic amines is 1. The Balaban J connectivity index is 1.20. The van der Waals surface area contributed by atoms with Gasteiger partial charge in [-0.25, -0.2) is 4.68 Å². The standard InChI is InChI=1S/C32H31Cl3N6O2/c1-20(16-22-5-7-23(33)8-6-22)30-21(2)29(37-41(30)28-10-9-24(34)17-26(28)35)32(43)40-18-25(19-40)38-12-14-39(15-13-38)31(42)27-4-3-11-36-27/h3-11,16-17,25,36H,12-15,18-19H2,1-2H3/b20-16+. The zero-order chi connectivity index (χ0) is 30.2. The summed E-state index contributed by atoms with van der Waals surface area (Å²) in [6.45, 7) is 8.03. The molecule has 2 aliphatic heterocycles. The number of nitrogens with zero attached hydrogens (tertiary/aromatic N) is 5. The number of hydrogen-bond donors (Lipinski definition) is 1. The van der Waals surface area contributed by atoms with Crippen LogP contribution >= 0.6 is 34.8 Å². The Kier molecular flexibility index (Phi) is 8.38. The Morgan fingerprint density at radius 1 is 0.907 bits per heavy atom. The number of rotatable bonds is 6. The summed E-state index contributed by atoms with van der Waals surface area (Å²) in [5, 5.41) is 6.44. The van der Waals surface area contributed by atoms with Gasteiger partial charge in [0, 0.05) is 67.1 Å². The molecule has 0 saturated carbocycles. The van der Waals surface area contributed by atoms with Crippen molar-refractivity contribution in [3.05, 3.63) is 104 Å². The minimum atomic E-state index is -0.112. The predicted octanol–water partition coefficient (Wildman–Crippen LogP) is 6.31. The molecule has 2 aromatic heterocycles. The number of carbonyl (C=O) groups is 2. The first-order chi connectivity index (χ1) is 20.7. The number of likely N-dealkylation sites (tertiary alicyclic amines) is 1. The van der Waals surface area contributed by atoms with Gasteiger partial charge in [-0.2, -0.15) is 5.10 Å². The van der Waals surface area contributed by atoms with Crippen LogP contribution in [0.1, 0.15) is 44.7 Å². The molecule has 2 saturated heterocycles. The SMILES string of the molecule is C/C(=C\c1ccc(Cl)cc1)c1c(C)c(C(=O)N2CC(N3CCN(C(=O)c4ccc[nH]4)CC3)C2)nn1-c1ccc(Cl)cc1Cl. The number of hydrogen-bond acceptors (Lipinski definition) is 4. The minimum Gasteiger partial charge on any atom is -0.357 e. The molecule has 11 heteroatoms. The highest BCUT2D eigenvalue weighted by Crippen LogP contribution is 2.32. The predicted molar refractivity (Wildman–Crippen MR) is 171 cm³/mol. The Bertz CT molecular complexity index is 1680. The molecule has 222 valence electrons. The Hall–Kier alpha value is -3.56. The van der Waals surface area contributed by atoms with Gasteiger partial charge in [0.1, 0.15) is 5.69 Å². The van der Waals surface area contributed by atoms with E-state index in [4.69, 9.17) is 39.9 Å². The zero-order valence-corrected chi connectivity index (χ0v) is 26.1. The maximum atomic E-state index is 13.8. The number of allylic oxidation sites excluding steroid dienone is 1. The summed E-state index contributed by atoms with van der Waals surface area (Å²) in [6.07, 6.45) is 3.80. The first kappa shape index (κ1) is 29.5. The van der Waals surface area contributed by atoms with Crippen LogP contribution in [-0.4, -0.2) is 86.6 Å². The molecule has 4 aromatic rings. The van der Waals surface area contributed by atoms with Crippen molar-refractivity contribution < 1.29 is 9.59 Å². The second-order valence-corrected chi connectivity index (χ2v) is 12.3. The van der Waals surface area contributed by atoms with Gasteiger partial charge in [-0.05, 0) is 73.5 Å². The van der Waals surface area contributed by atoms with Crippen LogP contribution in [0.3, 0.4) is 0 Å². The maximum absolute atomic E-state index is 13.8. The largest absolute Gasteiger partial charge is 0.357 e. The van der Waals surface area contributed by atoms with Gasteiger partial charge in [0.2, 0.25) is 0 Å². The summed E-state index contributed by atoms with van der Waals surface area (Å²) in [6, 6.07) is 16.7. The summed E-state index contributed by atoms with van der Waals surface area (Å²) in [5.74, 6) is -0.0863. The van der Waals surface area contributed by atoms with E-state index < -0.39 is 0 Å². The summed E-state index contributed by atoms with van der Waals surface area (Å²) in [5.41, 5.74) is 5.11. The lowest BCUT2D eigenvalue weighted by Crippen LogP contribution is -2.64. The van der Waals surface area contributed by atoms with Crippen molar-refractivity contribution in [2.45, 2.75) is 19.9 Å². The van der Waals surface area contributed by atoms with Gasteiger partial charge in [-0.15, -0.1) is 0 Å². The monoisotopic (exact) mass is 636 g/mol. The van der Waals surface area contributed by atoms with Gasteiger partial charge < -0.3 is 14.8 Å². The molecule has 43 heavy (non-hydrogen) atoms. The van der Waals surface area contributed by atoms with Gasteiger partial charge >= 0.3 is 0 Å². The first-order valence-electron chi connectivity index (χ1n) is 14.1. The van der Waals surface area contributed by atoms with Crippen LogP contribution in [0.15, 0.2) is 60.8 Å². The Morgan fingerprint density at radius 3 is 2.26 bits per heavy atom. The van der Waals surface area contributed by atoms with Crippen molar-refractivity contribution in [3.8, 4) is 5.69 Å².